The summed E-state index contributed by atoms with van der Waals surface area (Å²) in [6.45, 7) is 3.59. The Morgan fingerprint density at radius 2 is 2.67 bits per heavy atom. The second-order valence-corrected chi connectivity index (χ2v) is 1.69. The van der Waals surface area contributed by atoms with Gasteiger partial charge in [-0.1, -0.05) is 6.08 Å². The molecule has 1 aliphatic rings. The Balaban J connectivity index is 2.60. The first-order valence-corrected chi connectivity index (χ1v) is 2.79. The van der Waals surface area contributed by atoms with Gasteiger partial charge in [-0.05, 0) is 0 Å². The maximum Gasteiger partial charge on any atom is 0.275 e. The lowest BCUT2D eigenvalue weighted by molar-refractivity contribution is 1.29. The first-order valence-electron chi connectivity index (χ1n) is 2.79. The molecule has 0 aromatic carbocycles. The molecule has 1 heterocycles. The van der Waals surface area contributed by atoms with Gasteiger partial charge in [0, 0.05) is 0 Å². The predicted octanol–water partition coefficient (Wildman–Crippen LogP) is 0.895. The van der Waals surface area contributed by atoms with Crippen LogP contribution in [0.25, 0.3) is 0 Å². The highest BCUT2D eigenvalue weighted by molar-refractivity contribution is 6.31. The summed E-state index contributed by atoms with van der Waals surface area (Å²) in [5.74, 6) is 0. The molecule has 0 atom stereocenters. The molecule has 0 amide bonds. The summed E-state index contributed by atoms with van der Waals surface area (Å²) in [6, 6.07) is 0. The molecule has 0 N–H and O–H groups in total. The molecule has 1 aliphatic heterocycles. The largest absolute Gasteiger partial charge is 0.275 e. The van der Waals surface area contributed by atoms with Crippen molar-refractivity contribution in [3.8, 4) is 0 Å². The number of nitrogens with zero attached hydrogens (tertiary/aromatic N) is 2. The van der Waals surface area contributed by atoms with Crippen LogP contribution < -0.4 is 4.99 Å². The summed E-state index contributed by atoms with van der Waals surface area (Å²) in [7, 11) is 0. The molecule has 0 fully saturated rings. The third-order valence-corrected chi connectivity index (χ3v) is 0.970. The highest BCUT2D eigenvalue weighted by Gasteiger charge is 2.04. The van der Waals surface area contributed by atoms with Gasteiger partial charge in [0.1, 0.15) is 6.21 Å². The van der Waals surface area contributed by atoms with Gasteiger partial charge in [0.25, 0.3) is 11.9 Å². The van der Waals surface area contributed by atoms with E-state index in [0.29, 0.717) is 0 Å². The highest BCUT2D eigenvalue weighted by atomic mass is 14.8. The Hall–Kier alpha value is -1.18. The molecule has 9 heavy (non-hydrogen) atoms. The minimum Gasteiger partial charge on any atom is -0.251 e. The van der Waals surface area contributed by atoms with Gasteiger partial charge < -0.3 is 0 Å². The topological polar surface area (TPSA) is 26.5 Å². The lowest BCUT2D eigenvalue weighted by atomic mass is 10.3. The fourth-order valence-electron chi connectivity index (χ4n) is 0.583. The van der Waals surface area contributed by atoms with Crippen LogP contribution in [0.1, 0.15) is 6.42 Å². The molecule has 0 bridgehead atoms. The summed E-state index contributed by atoms with van der Waals surface area (Å²) >= 11 is 0. The molecular formula is C7H8N2+. The molecule has 0 saturated carbocycles. The van der Waals surface area contributed by atoms with Crippen molar-refractivity contribution in [2.24, 2.45) is 4.99 Å². The van der Waals surface area contributed by atoms with Crippen LogP contribution in [0.4, 0.5) is 0 Å². The second-order valence-electron chi connectivity index (χ2n) is 1.69. The monoisotopic (exact) mass is 120 g/mol. The molecule has 0 aliphatic carbocycles. The Morgan fingerprint density at radius 1 is 1.78 bits per heavy atom. The first-order chi connectivity index (χ1) is 4.43. The van der Waals surface area contributed by atoms with E-state index in [4.69, 9.17) is 0 Å². The van der Waals surface area contributed by atoms with Crippen LogP contribution in [-0.4, -0.2) is 11.9 Å². The fraction of sp³-hybridized carbons (Fsp3) is 0.143. The number of aliphatic imine (C=N–C) groups is 2. The normalized spacial score (nSPS) is 15.3. The summed E-state index contributed by atoms with van der Waals surface area (Å²) < 4.78 is 0. The molecule has 1 radical (unpaired) electrons. The van der Waals surface area contributed by atoms with Gasteiger partial charge in [-0.25, -0.2) is 0 Å². The van der Waals surface area contributed by atoms with E-state index in [1.54, 1.807) is 18.6 Å². The van der Waals surface area contributed by atoms with Crippen LogP contribution >= 0.6 is 0 Å². The number of hydrogen-bond donors (Lipinski definition) is 0. The van der Waals surface area contributed by atoms with Gasteiger partial charge in [0.15, 0.2) is 0 Å². The molecule has 2 nitrogen and oxygen atoms in total. The van der Waals surface area contributed by atoms with Crippen LogP contribution in [-0.2, 0) is 0 Å². The molecule has 0 saturated heterocycles. The van der Waals surface area contributed by atoms with Crippen molar-refractivity contribution >= 4 is 11.9 Å². The first kappa shape index (κ1) is 5.95. The van der Waals surface area contributed by atoms with Crippen molar-refractivity contribution in [3.63, 3.8) is 0 Å². The SMILES string of the molecule is C=CCC1=[N+]C=CN=C1. The fourth-order valence-corrected chi connectivity index (χ4v) is 0.583. The van der Waals surface area contributed by atoms with Crippen molar-refractivity contribution in [1.29, 1.82) is 0 Å². The van der Waals surface area contributed by atoms with E-state index in [2.05, 4.69) is 16.6 Å². The van der Waals surface area contributed by atoms with E-state index >= 15 is 0 Å². The van der Waals surface area contributed by atoms with E-state index in [-0.39, 0.29) is 0 Å². The van der Waals surface area contributed by atoms with Crippen LogP contribution in [0.5, 0.6) is 0 Å². The van der Waals surface area contributed by atoms with E-state index in [9.17, 15) is 0 Å². The summed E-state index contributed by atoms with van der Waals surface area (Å²) in [5, 5.41) is 0. The molecule has 0 unspecified atom stereocenters. The smallest absolute Gasteiger partial charge is 0.251 e. The van der Waals surface area contributed by atoms with Crippen molar-refractivity contribution in [2.45, 2.75) is 6.42 Å². The van der Waals surface area contributed by atoms with E-state index in [1.807, 2.05) is 6.08 Å². The zero-order valence-electron chi connectivity index (χ0n) is 5.12. The quantitative estimate of drug-likeness (QED) is 0.484. The maximum atomic E-state index is 4.03. The van der Waals surface area contributed by atoms with E-state index in [0.717, 1.165) is 12.1 Å². The third-order valence-electron chi connectivity index (χ3n) is 0.970. The van der Waals surface area contributed by atoms with Crippen molar-refractivity contribution in [1.82, 2.24) is 4.99 Å². The van der Waals surface area contributed by atoms with Crippen molar-refractivity contribution < 1.29 is 0 Å². The van der Waals surface area contributed by atoms with Crippen LogP contribution in [0.3, 0.4) is 0 Å². The standard InChI is InChI=1S/C7H8N2/c1-2-3-7-6-8-4-5-9-7/h2,4-6H,1,3H2/q+1. The minimum absolute atomic E-state index is 0.799. The summed E-state index contributed by atoms with van der Waals surface area (Å²) in [6.07, 6.45) is 7.69. The lowest BCUT2D eigenvalue weighted by Crippen LogP contribution is -2.06. The molecule has 0 spiro atoms. The highest BCUT2D eigenvalue weighted by Crippen LogP contribution is 1.85. The zero-order valence-corrected chi connectivity index (χ0v) is 5.12. The average molecular weight is 120 g/mol. The summed E-state index contributed by atoms with van der Waals surface area (Å²) in [4.78, 5) is 7.93. The maximum absolute atomic E-state index is 4.03. The molecule has 0 aromatic rings. The third kappa shape index (κ3) is 1.64. The van der Waals surface area contributed by atoms with Gasteiger partial charge in [0.05, 0.1) is 17.6 Å². The Morgan fingerprint density at radius 3 is 3.22 bits per heavy atom. The van der Waals surface area contributed by atoms with Crippen LogP contribution in [0.15, 0.2) is 30.0 Å². The molecule has 2 heteroatoms. The minimum atomic E-state index is 0.799. The van der Waals surface area contributed by atoms with Crippen molar-refractivity contribution in [3.05, 3.63) is 25.1 Å². The van der Waals surface area contributed by atoms with Crippen LogP contribution in [0, 0.1) is 0 Å². The molecular weight excluding hydrogens is 112 g/mol. The van der Waals surface area contributed by atoms with Gasteiger partial charge in [0.2, 0.25) is 0 Å². The molecule has 1 rings (SSSR count). The second kappa shape index (κ2) is 2.97. The van der Waals surface area contributed by atoms with Crippen molar-refractivity contribution in [2.75, 3.05) is 0 Å². The predicted molar refractivity (Wildman–Crippen MR) is 39.6 cm³/mol. The van der Waals surface area contributed by atoms with Crippen LogP contribution in [0.2, 0.25) is 0 Å². The molecule has 0 aromatic heterocycles. The van der Waals surface area contributed by atoms with E-state index < -0.39 is 0 Å². The van der Waals surface area contributed by atoms with Gasteiger partial charge in [-0.15, -0.1) is 6.58 Å². The average Bonchev–Trinajstić information content (AvgIpc) is 1.91. The van der Waals surface area contributed by atoms with E-state index in [1.165, 1.54) is 0 Å². The Bertz CT molecular complexity index is 187. The van der Waals surface area contributed by atoms with Gasteiger partial charge in [-0.2, -0.15) is 0 Å². The lowest BCUT2D eigenvalue weighted by Gasteiger charge is -1.81. The van der Waals surface area contributed by atoms with Gasteiger partial charge in [-0.3, -0.25) is 4.99 Å². The Kier molecular flexibility index (Phi) is 1.96. The number of allylic oxidation sites excluding steroid dienone is 1. The Labute approximate surface area is 54.3 Å². The number of hydrogen-bond acceptors (Lipinski definition) is 2. The molecule has 45 valence electrons. The summed E-state index contributed by atoms with van der Waals surface area (Å²) in [5.41, 5.74) is 0.965. The zero-order chi connectivity index (χ0) is 6.53. The van der Waals surface area contributed by atoms with Gasteiger partial charge >= 0.3 is 0 Å². The number of rotatable bonds is 2.